The molecule has 0 aromatic heterocycles. The topological polar surface area (TPSA) is 73.6 Å². The van der Waals surface area contributed by atoms with Gasteiger partial charge in [-0.3, -0.25) is 4.79 Å². The van der Waals surface area contributed by atoms with Crippen LogP contribution in [0.5, 0.6) is 0 Å². The normalized spacial score (nSPS) is 34.4. The highest BCUT2D eigenvalue weighted by Crippen LogP contribution is 2.58. The molecule has 0 spiro atoms. The Labute approximate surface area is 121 Å². The first kappa shape index (κ1) is 15.7. The third kappa shape index (κ3) is 2.36. The zero-order valence-corrected chi connectivity index (χ0v) is 12.9. The Morgan fingerprint density at radius 2 is 2.20 bits per heavy atom. The zero-order valence-electron chi connectivity index (χ0n) is 12.9. The second kappa shape index (κ2) is 6.00. The van der Waals surface area contributed by atoms with Gasteiger partial charge >= 0.3 is 0 Å². The van der Waals surface area contributed by atoms with Crippen LogP contribution in [0.4, 0.5) is 0 Å². The summed E-state index contributed by atoms with van der Waals surface area (Å²) in [6, 6.07) is 0. The van der Waals surface area contributed by atoms with Gasteiger partial charge in [-0.2, -0.15) is 0 Å². The van der Waals surface area contributed by atoms with Crippen molar-refractivity contribution in [2.75, 3.05) is 26.4 Å². The highest BCUT2D eigenvalue weighted by molar-refractivity contribution is 5.89. The average Bonchev–Trinajstić information content (AvgIpc) is 2.89. The predicted molar refractivity (Wildman–Crippen MR) is 77.3 cm³/mol. The van der Waals surface area contributed by atoms with E-state index in [1.807, 2.05) is 13.8 Å². The number of nitrogens with two attached hydrogens (primary N) is 1. The summed E-state index contributed by atoms with van der Waals surface area (Å²) in [4.78, 5) is 12.4. The van der Waals surface area contributed by atoms with E-state index in [1.54, 1.807) is 0 Å². The lowest BCUT2D eigenvalue weighted by atomic mass is 9.48. The number of carbonyl (C=O) groups is 1. The van der Waals surface area contributed by atoms with Crippen LogP contribution in [0.15, 0.2) is 0 Å². The summed E-state index contributed by atoms with van der Waals surface area (Å²) in [5.41, 5.74) is 5.33. The number of unbranched alkanes of at least 4 members (excludes halogenated alkanes) is 1. The Morgan fingerprint density at radius 3 is 2.90 bits per heavy atom. The molecule has 1 heterocycles. The summed E-state index contributed by atoms with van der Waals surface area (Å²) in [6.45, 7) is 8.72. The molecule has 1 amide bonds. The van der Waals surface area contributed by atoms with E-state index in [0.717, 1.165) is 25.9 Å². The molecule has 2 fully saturated rings. The summed E-state index contributed by atoms with van der Waals surface area (Å²) >= 11 is 0. The van der Waals surface area contributed by atoms with Crippen LogP contribution in [0.1, 0.15) is 40.0 Å². The van der Waals surface area contributed by atoms with Gasteiger partial charge in [0.25, 0.3) is 0 Å². The SMILES string of the molecule is CCCCOCCNC(=O)C1(N)C2CCOC2C1(C)C. The van der Waals surface area contributed by atoms with Crippen LogP contribution in [0.25, 0.3) is 0 Å². The van der Waals surface area contributed by atoms with E-state index in [9.17, 15) is 4.79 Å². The van der Waals surface area contributed by atoms with Crippen LogP contribution in [0.3, 0.4) is 0 Å². The maximum atomic E-state index is 12.4. The lowest BCUT2D eigenvalue weighted by Crippen LogP contribution is -2.80. The second-order valence-electron chi connectivity index (χ2n) is 6.50. The van der Waals surface area contributed by atoms with Crippen molar-refractivity contribution in [1.82, 2.24) is 5.32 Å². The molecule has 0 aromatic rings. The van der Waals surface area contributed by atoms with Gasteiger partial charge < -0.3 is 20.5 Å². The van der Waals surface area contributed by atoms with E-state index in [2.05, 4.69) is 12.2 Å². The predicted octanol–water partition coefficient (Wildman–Crippen LogP) is 1.06. The molecule has 5 nitrogen and oxygen atoms in total. The fourth-order valence-electron chi connectivity index (χ4n) is 3.58. The first-order valence-corrected chi connectivity index (χ1v) is 7.72. The van der Waals surface area contributed by atoms with Crippen molar-refractivity contribution in [1.29, 1.82) is 0 Å². The van der Waals surface area contributed by atoms with Crippen molar-refractivity contribution in [2.45, 2.75) is 51.7 Å². The molecular formula is C15H28N2O3. The highest BCUT2D eigenvalue weighted by Gasteiger charge is 2.71. The second-order valence-corrected chi connectivity index (χ2v) is 6.50. The summed E-state index contributed by atoms with van der Waals surface area (Å²) in [5, 5.41) is 2.93. The number of ether oxygens (including phenoxy) is 2. The Balaban J connectivity index is 1.80. The maximum Gasteiger partial charge on any atom is 0.241 e. The molecule has 0 bridgehead atoms. The van der Waals surface area contributed by atoms with E-state index in [0.29, 0.717) is 19.8 Å². The van der Waals surface area contributed by atoms with Crippen LogP contribution in [-0.2, 0) is 14.3 Å². The highest BCUT2D eigenvalue weighted by atomic mass is 16.5. The van der Waals surface area contributed by atoms with Gasteiger partial charge in [0.05, 0.1) is 12.7 Å². The Hall–Kier alpha value is -0.650. The maximum absolute atomic E-state index is 12.4. The van der Waals surface area contributed by atoms with Gasteiger partial charge in [0.2, 0.25) is 5.91 Å². The third-order valence-electron chi connectivity index (χ3n) is 5.00. The Bertz CT molecular complexity index is 359. The van der Waals surface area contributed by atoms with Crippen molar-refractivity contribution >= 4 is 5.91 Å². The van der Waals surface area contributed by atoms with Crippen LogP contribution in [0, 0.1) is 11.3 Å². The molecule has 0 radical (unpaired) electrons. The minimum atomic E-state index is -0.808. The first-order chi connectivity index (χ1) is 9.46. The Kier molecular flexibility index (Phi) is 4.72. The van der Waals surface area contributed by atoms with Crippen LogP contribution >= 0.6 is 0 Å². The van der Waals surface area contributed by atoms with Gasteiger partial charge in [0.15, 0.2) is 0 Å². The minimum absolute atomic E-state index is 0.0617. The standard InChI is InChI=1S/C15H28N2O3/c1-4-5-8-19-10-7-17-13(18)15(16)11-6-9-20-12(11)14(15,2)3/h11-12H,4-10,16H2,1-3H3,(H,17,18). The number of hydrogen-bond acceptors (Lipinski definition) is 4. The van der Waals surface area contributed by atoms with Crippen molar-refractivity contribution in [3.8, 4) is 0 Å². The van der Waals surface area contributed by atoms with E-state index >= 15 is 0 Å². The van der Waals surface area contributed by atoms with Gasteiger partial charge in [-0.05, 0) is 12.8 Å². The molecule has 3 unspecified atom stereocenters. The number of rotatable bonds is 7. The van der Waals surface area contributed by atoms with Crippen molar-refractivity contribution in [3.05, 3.63) is 0 Å². The Morgan fingerprint density at radius 1 is 1.45 bits per heavy atom. The molecule has 0 aromatic carbocycles. The molecule has 3 atom stereocenters. The molecule has 2 aliphatic rings. The summed E-state index contributed by atoms with van der Waals surface area (Å²) < 4.78 is 11.1. The molecule has 1 aliphatic heterocycles. The van der Waals surface area contributed by atoms with E-state index in [4.69, 9.17) is 15.2 Å². The third-order valence-corrected chi connectivity index (χ3v) is 5.00. The molecule has 1 saturated carbocycles. The molecule has 1 saturated heterocycles. The summed E-state index contributed by atoms with van der Waals surface area (Å²) in [6.07, 6.45) is 3.18. The lowest BCUT2D eigenvalue weighted by Gasteiger charge is -2.60. The van der Waals surface area contributed by atoms with Gasteiger partial charge in [0, 0.05) is 31.1 Å². The van der Waals surface area contributed by atoms with E-state index < -0.39 is 5.54 Å². The number of carbonyl (C=O) groups excluding carboxylic acids is 1. The largest absolute Gasteiger partial charge is 0.380 e. The molecule has 3 N–H and O–H groups in total. The lowest BCUT2D eigenvalue weighted by molar-refractivity contribution is -0.175. The van der Waals surface area contributed by atoms with E-state index in [-0.39, 0.29) is 23.3 Å². The summed E-state index contributed by atoms with van der Waals surface area (Å²) in [7, 11) is 0. The van der Waals surface area contributed by atoms with Gasteiger partial charge in [-0.25, -0.2) is 0 Å². The van der Waals surface area contributed by atoms with Crippen LogP contribution in [-0.4, -0.2) is 43.9 Å². The molecule has 2 rings (SSSR count). The smallest absolute Gasteiger partial charge is 0.241 e. The number of fused-ring (bicyclic) bond motifs is 1. The quantitative estimate of drug-likeness (QED) is 0.686. The van der Waals surface area contributed by atoms with Crippen molar-refractivity contribution in [3.63, 3.8) is 0 Å². The average molecular weight is 284 g/mol. The number of amides is 1. The minimum Gasteiger partial charge on any atom is -0.380 e. The number of hydrogen-bond donors (Lipinski definition) is 2. The molecule has 116 valence electrons. The molecule has 1 aliphatic carbocycles. The molecule has 5 heteroatoms. The van der Waals surface area contributed by atoms with Gasteiger partial charge in [-0.15, -0.1) is 0 Å². The fourth-order valence-corrected chi connectivity index (χ4v) is 3.58. The van der Waals surface area contributed by atoms with Crippen molar-refractivity contribution in [2.24, 2.45) is 17.1 Å². The van der Waals surface area contributed by atoms with E-state index in [1.165, 1.54) is 0 Å². The zero-order chi connectivity index (χ0) is 14.8. The van der Waals surface area contributed by atoms with Crippen molar-refractivity contribution < 1.29 is 14.3 Å². The number of nitrogens with one attached hydrogen (secondary N) is 1. The fraction of sp³-hybridized carbons (Fsp3) is 0.933. The van der Waals surface area contributed by atoms with Gasteiger partial charge in [0.1, 0.15) is 5.54 Å². The van der Waals surface area contributed by atoms with Gasteiger partial charge in [-0.1, -0.05) is 27.2 Å². The van der Waals surface area contributed by atoms with Crippen LogP contribution in [0.2, 0.25) is 0 Å². The summed E-state index contributed by atoms with van der Waals surface area (Å²) in [5.74, 6) is 0.0897. The monoisotopic (exact) mass is 284 g/mol. The first-order valence-electron chi connectivity index (χ1n) is 7.72. The van der Waals surface area contributed by atoms with Crippen LogP contribution < -0.4 is 11.1 Å². The molecular weight excluding hydrogens is 256 g/mol. The molecule has 20 heavy (non-hydrogen) atoms.